The van der Waals surface area contributed by atoms with Crippen molar-refractivity contribution in [1.29, 1.82) is 0 Å². The maximum Gasteiger partial charge on any atom is 0.366 e. The first kappa shape index (κ1) is 13.3. The Hall–Kier alpha value is 0.300. The van der Waals surface area contributed by atoms with Crippen LogP contribution >= 0.6 is 15.0 Å². The standard InChI is InChI=1S/C5H14O6P2/c1-3-4-5(6,12(2,7)8)13(9,10)11/h6H,3-4H2,1-2H3,(H,7,8)(H2,9,10,11). The first-order valence-electron chi connectivity index (χ1n) is 3.64. The number of hydrogen-bond acceptors (Lipinski definition) is 3. The van der Waals surface area contributed by atoms with Crippen molar-refractivity contribution >= 4 is 15.0 Å². The molecule has 0 saturated carbocycles. The molecule has 0 heterocycles. The molecule has 0 aliphatic carbocycles. The lowest BCUT2D eigenvalue weighted by Crippen LogP contribution is -2.27. The molecule has 8 heteroatoms. The van der Waals surface area contributed by atoms with Crippen LogP contribution in [-0.2, 0) is 9.13 Å². The van der Waals surface area contributed by atoms with E-state index < -0.39 is 26.5 Å². The molecule has 4 N–H and O–H groups in total. The highest BCUT2D eigenvalue weighted by Gasteiger charge is 2.55. The van der Waals surface area contributed by atoms with Gasteiger partial charge in [-0.05, 0) is 6.42 Å². The molecule has 2 atom stereocenters. The van der Waals surface area contributed by atoms with E-state index in [9.17, 15) is 14.2 Å². The zero-order valence-electron chi connectivity index (χ0n) is 7.41. The lowest BCUT2D eigenvalue weighted by Gasteiger charge is -2.30. The lowest BCUT2D eigenvalue weighted by molar-refractivity contribution is 0.140. The molecule has 0 spiro atoms. The van der Waals surface area contributed by atoms with Crippen LogP contribution in [0.25, 0.3) is 0 Å². The monoisotopic (exact) mass is 232 g/mol. The minimum atomic E-state index is -4.98. The molecular weight excluding hydrogens is 218 g/mol. The van der Waals surface area contributed by atoms with Crippen molar-refractivity contribution in [1.82, 2.24) is 0 Å². The van der Waals surface area contributed by atoms with Gasteiger partial charge in [-0.25, -0.2) is 0 Å². The van der Waals surface area contributed by atoms with Crippen LogP contribution in [-0.4, -0.2) is 31.5 Å². The second-order valence-electron chi connectivity index (χ2n) is 2.95. The average molecular weight is 232 g/mol. The molecule has 0 saturated heterocycles. The van der Waals surface area contributed by atoms with Crippen LogP contribution in [0.2, 0.25) is 0 Å². The predicted molar refractivity (Wildman–Crippen MR) is 47.7 cm³/mol. The third-order valence-electron chi connectivity index (χ3n) is 1.72. The van der Waals surface area contributed by atoms with E-state index in [-0.39, 0.29) is 6.42 Å². The summed E-state index contributed by atoms with van der Waals surface area (Å²) >= 11 is 0. The molecule has 0 amide bonds. The van der Waals surface area contributed by atoms with E-state index >= 15 is 0 Å². The SMILES string of the molecule is CCCC(O)(P(C)(=O)O)P(=O)(O)O. The molecule has 0 rings (SSSR count). The molecule has 80 valence electrons. The van der Waals surface area contributed by atoms with Crippen molar-refractivity contribution in [3.05, 3.63) is 0 Å². The van der Waals surface area contributed by atoms with Gasteiger partial charge in [0.05, 0.1) is 0 Å². The normalized spacial score (nSPS) is 22.0. The predicted octanol–water partition coefficient (Wildman–Crippen LogP) is 0.510. The quantitative estimate of drug-likeness (QED) is 0.525. The van der Waals surface area contributed by atoms with Gasteiger partial charge in [0.15, 0.2) is 0 Å². The maximum atomic E-state index is 11.1. The Morgan fingerprint density at radius 1 is 1.23 bits per heavy atom. The Bertz CT molecular complexity index is 240. The van der Waals surface area contributed by atoms with Crippen molar-refractivity contribution in [2.45, 2.75) is 24.8 Å². The zero-order chi connectivity index (χ0) is 10.9. The second kappa shape index (κ2) is 3.81. The van der Waals surface area contributed by atoms with Gasteiger partial charge in [0, 0.05) is 6.66 Å². The molecule has 13 heavy (non-hydrogen) atoms. The summed E-state index contributed by atoms with van der Waals surface area (Å²) in [5, 5.41) is 6.61. The highest BCUT2D eigenvalue weighted by Crippen LogP contribution is 2.69. The van der Waals surface area contributed by atoms with E-state index in [0.717, 1.165) is 6.66 Å². The Morgan fingerprint density at radius 2 is 1.62 bits per heavy atom. The lowest BCUT2D eigenvalue weighted by atomic mass is 10.3. The fourth-order valence-electron chi connectivity index (χ4n) is 0.930. The summed E-state index contributed by atoms with van der Waals surface area (Å²) in [7, 11) is -9.22. The Labute approximate surface area is 76.2 Å². The minimum absolute atomic E-state index is 0.208. The average Bonchev–Trinajstić information content (AvgIpc) is 1.82. The maximum absolute atomic E-state index is 11.1. The van der Waals surface area contributed by atoms with Gasteiger partial charge in [-0.2, -0.15) is 0 Å². The highest BCUT2D eigenvalue weighted by atomic mass is 31.2. The van der Waals surface area contributed by atoms with Crippen molar-refractivity contribution in [3.63, 3.8) is 0 Å². The van der Waals surface area contributed by atoms with E-state index in [0.29, 0.717) is 0 Å². The van der Waals surface area contributed by atoms with Gasteiger partial charge in [-0.3, -0.25) is 9.13 Å². The summed E-state index contributed by atoms with van der Waals surface area (Å²) < 4.78 is 21.9. The van der Waals surface area contributed by atoms with Crippen LogP contribution < -0.4 is 0 Å². The topological polar surface area (TPSA) is 115 Å². The van der Waals surface area contributed by atoms with E-state index in [4.69, 9.17) is 14.7 Å². The summed E-state index contributed by atoms with van der Waals surface area (Å²) in [6.07, 6.45) is -0.193. The van der Waals surface area contributed by atoms with Gasteiger partial charge in [0.25, 0.3) is 0 Å². The second-order valence-corrected chi connectivity index (χ2v) is 7.63. The fourth-order valence-corrected chi connectivity index (χ4v) is 4.02. The first-order valence-corrected chi connectivity index (χ1v) is 7.36. The first-order chi connectivity index (χ1) is 5.56. The molecule has 0 aromatic heterocycles. The third kappa shape index (κ3) is 2.62. The van der Waals surface area contributed by atoms with Crippen LogP contribution in [0.1, 0.15) is 19.8 Å². The van der Waals surface area contributed by atoms with Crippen LogP contribution in [0.3, 0.4) is 0 Å². The minimum Gasteiger partial charge on any atom is -0.369 e. The van der Waals surface area contributed by atoms with Crippen molar-refractivity contribution in [2.75, 3.05) is 6.66 Å². The van der Waals surface area contributed by atoms with E-state index in [2.05, 4.69) is 0 Å². The smallest absolute Gasteiger partial charge is 0.366 e. The van der Waals surface area contributed by atoms with Gasteiger partial charge < -0.3 is 19.8 Å². The molecule has 0 aliphatic heterocycles. The molecule has 0 radical (unpaired) electrons. The number of rotatable bonds is 4. The van der Waals surface area contributed by atoms with Crippen molar-refractivity contribution in [2.24, 2.45) is 0 Å². The van der Waals surface area contributed by atoms with Gasteiger partial charge in [0.1, 0.15) is 0 Å². The molecule has 0 aliphatic rings. The Balaban J connectivity index is 5.22. The molecule has 0 bridgehead atoms. The van der Waals surface area contributed by atoms with Crippen LogP contribution in [0, 0.1) is 0 Å². The van der Waals surface area contributed by atoms with E-state index in [1.807, 2.05) is 0 Å². The summed E-state index contributed by atoms with van der Waals surface area (Å²) in [5.74, 6) is 0. The van der Waals surface area contributed by atoms with Gasteiger partial charge >= 0.3 is 7.60 Å². The number of aliphatic hydroxyl groups is 1. The van der Waals surface area contributed by atoms with Gasteiger partial charge in [-0.15, -0.1) is 0 Å². The molecule has 0 fully saturated rings. The summed E-state index contributed by atoms with van der Waals surface area (Å²) in [6, 6.07) is 0. The molecule has 2 unspecified atom stereocenters. The zero-order valence-corrected chi connectivity index (χ0v) is 9.20. The highest BCUT2D eigenvalue weighted by molar-refractivity contribution is 7.74. The van der Waals surface area contributed by atoms with Crippen molar-refractivity contribution in [3.8, 4) is 0 Å². The number of hydrogen-bond donors (Lipinski definition) is 4. The van der Waals surface area contributed by atoms with E-state index in [1.165, 1.54) is 0 Å². The Morgan fingerprint density at radius 3 is 1.69 bits per heavy atom. The fraction of sp³-hybridized carbons (Fsp3) is 1.00. The molecular formula is C5H14O6P2. The van der Waals surface area contributed by atoms with Crippen LogP contribution in [0.5, 0.6) is 0 Å². The summed E-state index contributed by atoms with van der Waals surface area (Å²) in [6.45, 7) is 2.29. The van der Waals surface area contributed by atoms with Crippen LogP contribution in [0.4, 0.5) is 0 Å². The van der Waals surface area contributed by atoms with Gasteiger partial charge in [-0.1, -0.05) is 13.3 Å². The van der Waals surface area contributed by atoms with Crippen LogP contribution in [0.15, 0.2) is 0 Å². The Kier molecular flexibility index (Phi) is 3.90. The molecule has 0 aromatic carbocycles. The van der Waals surface area contributed by atoms with E-state index in [1.54, 1.807) is 6.92 Å². The largest absolute Gasteiger partial charge is 0.369 e. The van der Waals surface area contributed by atoms with Gasteiger partial charge in [0.2, 0.25) is 12.5 Å². The summed E-state index contributed by atoms with van der Waals surface area (Å²) in [5.41, 5.74) is 0. The molecule has 6 nitrogen and oxygen atoms in total. The molecule has 0 aromatic rings. The third-order valence-corrected chi connectivity index (χ3v) is 6.32. The summed E-state index contributed by atoms with van der Waals surface area (Å²) in [4.78, 5) is 26.5. The van der Waals surface area contributed by atoms with Crippen molar-refractivity contribution < 1.29 is 28.9 Å².